The Kier molecular flexibility index (Phi) is 4.44. The molecule has 0 aromatic heterocycles. The molecule has 1 atom stereocenters. The normalized spacial score (nSPS) is 13.1. The number of halogens is 1. The fraction of sp³-hybridized carbons (Fsp3) is 0.250. The third kappa shape index (κ3) is 3.49. The van der Waals surface area contributed by atoms with Crippen molar-refractivity contribution in [2.24, 2.45) is 0 Å². The molecule has 0 aliphatic heterocycles. The molecule has 0 radical (unpaired) electrons. The Morgan fingerprint density at radius 3 is 2.24 bits per heavy atom. The van der Waals surface area contributed by atoms with E-state index in [2.05, 4.69) is 5.32 Å². The highest BCUT2D eigenvalue weighted by Crippen LogP contribution is 2.26. The van der Waals surface area contributed by atoms with Gasteiger partial charge in [-0.2, -0.15) is 0 Å². The summed E-state index contributed by atoms with van der Waals surface area (Å²) < 4.78 is 37.0. The predicted molar refractivity (Wildman–Crippen MR) is 81.6 cm³/mol. The van der Waals surface area contributed by atoms with Crippen LogP contribution in [0.15, 0.2) is 47.4 Å². The summed E-state index contributed by atoms with van der Waals surface area (Å²) in [5, 5.41) is 3.07. The molecule has 112 valence electrons. The van der Waals surface area contributed by atoms with Crippen molar-refractivity contribution < 1.29 is 12.8 Å². The minimum Gasteiger partial charge on any atom is -0.309 e. The van der Waals surface area contributed by atoms with Gasteiger partial charge in [0.05, 0.1) is 10.9 Å². The molecular formula is C16H18FNO2S. The van der Waals surface area contributed by atoms with Gasteiger partial charge in [0.15, 0.2) is 9.84 Å². The molecule has 0 aliphatic carbocycles. The molecule has 21 heavy (non-hydrogen) atoms. The zero-order valence-corrected chi connectivity index (χ0v) is 13.0. The van der Waals surface area contributed by atoms with E-state index in [-0.39, 0.29) is 16.8 Å². The van der Waals surface area contributed by atoms with Gasteiger partial charge in [0.2, 0.25) is 0 Å². The van der Waals surface area contributed by atoms with Crippen LogP contribution in [0.3, 0.4) is 0 Å². The van der Waals surface area contributed by atoms with Crippen LogP contribution in [0.5, 0.6) is 0 Å². The first kappa shape index (κ1) is 15.7. The van der Waals surface area contributed by atoms with Crippen LogP contribution in [0.4, 0.5) is 4.39 Å². The van der Waals surface area contributed by atoms with E-state index in [1.54, 1.807) is 43.4 Å². The number of benzene rings is 2. The van der Waals surface area contributed by atoms with Crippen LogP contribution in [0.2, 0.25) is 0 Å². The molecule has 2 aromatic carbocycles. The Labute approximate surface area is 124 Å². The standard InChI is InChI=1S/C16H18FNO2S/c1-11-4-9-15(17)14(10-11)16(18-2)12-5-7-13(8-6-12)21(3,19)20/h4-10,16,18H,1-3H3. The first-order valence-electron chi connectivity index (χ1n) is 6.56. The quantitative estimate of drug-likeness (QED) is 0.945. The number of hydrogen-bond acceptors (Lipinski definition) is 3. The Bertz CT molecular complexity index is 739. The Balaban J connectivity index is 2.44. The third-order valence-electron chi connectivity index (χ3n) is 3.39. The van der Waals surface area contributed by atoms with Gasteiger partial charge in [-0.15, -0.1) is 0 Å². The van der Waals surface area contributed by atoms with E-state index in [9.17, 15) is 12.8 Å². The predicted octanol–water partition coefficient (Wildman–Crippen LogP) is 2.85. The summed E-state index contributed by atoms with van der Waals surface area (Å²) >= 11 is 0. The minimum atomic E-state index is -3.23. The molecule has 3 nitrogen and oxygen atoms in total. The van der Waals surface area contributed by atoms with Gasteiger partial charge in [-0.25, -0.2) is 12.8 Å². The van der Waals surface area contributed by atoms with Crippen LogP contribution >= 0.6 is 0 Å². The van der Waals surface area contributed by atoms with Crippen molar-refractivity contribution in [2.45, 2.75) is 17.9 Å². The van der Waals surface area contributed by atoms with Crippen LogP contribution in [-0.2, 0) is 9.84 Å². The Hall–Kier alpha value is -1.72. The summed E-state index contributed by atoms with van der Waals surface area (Å²) in [4.78, 5) is 0.255. The number of nitrogens with one attached hydrogen (secondary N) is 1. The average Bonchev–Trinajstić information content (AvgIpc) is 2.43. The van der Waals surface area contributed by atoms with Gasteiger partial charge in [0, 0.05) is 11.8 Å². The summed E-state index contributed by atoms with van der Waals surface area (Å²) in [5.74, 6) is -0.285. The van der Waals surface area contributed by atoms with Gasteiger partial charge in [0.1, 0.15) is 5.82 Å². The second kappa shape index (κ2) is 5.95. The molecular weight excluding hydrogens is 289 g/mol. The zero-order chi connectivity index (χ0) is 15.6. The van der Waals surface area contributed by atoms with Crippen LogP contribution < -0.4 is 5.32 Å². The van der Waals surface area contributed by atoms with Crippen LogP contribution in [0.1, 0.15) is 22.7 Å². The lowest BCUT2D eigenvalue weighted by atomic mass is 9.97. The molecule has 0 saturated carbocycles. The Morgan fingerprint density at radius 2 is 1.71 bits per heavy atom. The van der Waals surface area contributed by atoms with Crippen molar-refractivity contribution in [2.75, 3.05) is 13.3 Å². The molecule has 1 N–H and O–H groups in total. The fourth-order valence-electron chi connectivity index (χ4n) is 2.29. The topological polar surface area (TPSA) is 46.2 Å². The number of sulfone groups is 1. The van der Waals surface area contributed by atoms with Gasteiger partial charge in [-0.1, -0.05) is 29.8 Å². The lowest BCUT2D eigenvalue weighted by Crippen LogP contribution is -2.19. The van der Waals surface area contributed by atoms with Crippen LogP contribution in [-0.4, -0.2) is 21.7 Å². The van der Waals surface area contributed by atoms with Gasteiger partial charge < -0.3 is 5.32 Å². The molecule has 0 spiro atoms. The van der Waals surface area contributed by atoms with Crippen LogP contribution in [0, 0.1) is 12.7 Å². The van der Waals surface area contributed by atoms with Gasteiger partial charge in [-0.05, 0) is 37.7 Å². The number of hydrogen-bond donors (Lipinski definition) is 1. The highest BCUT2D eigenvalue weighted by atomic mass is 32.2. The number of aryl methyl sites for hydroxylation is 1. The van der Waals surface area contributed by atoms with Crippen molar-refractivity contribution in [3.8, 4) is 0 Å². The monoisotopic (exact) mass is 307 g/mol. The molecule has 0 amide bonds. The van der Waals surface area contributed by atoms with E-state index in [4.69, 9.17) is 0 Å². The molecule has 5 heteroatoms. The molecule has 0 aliphatic rings. The average molecular weight is 307 g/mol. The molecule has 0 fully saturated rings. The van der Waals surface area contributed by atoms with E-state index < -0.39 is 9.84 Å². The smallest absolute Gasteiger partial charge is 0.175 e. The van der Waals surface area contributed by atoms with Crippen molar-refractivity contribution in [3.05, 3.63) is 65.0 Å². The molecule has 1 unspecified atom stereocenters. The highest BCUT2D eigenvalue weighted by molar-refractivity contribution is 7.90. The first-order valence-corrected chi connectivity index (χ1v) is 8.45. The summed E-state index contributed by atoms with van der Waals surface area (Å²) in [6.45, 7) is 1.91. The van der Waals surface area contributed by atoms with Crippen molar-refractivity contribution in [1.29, 1.82) is 0 Å². The maximum absolute atomic E-state index is 14.0. The second-order valence-electron chi connectivity index (χ2n) is 5.09. The Morgan fingerprint density at radius 1 is 1.10 bits per heavy atom. The fourth-order valence-corrected chi connectivity index (χ4v) is 2.92. The number of rotatable bonds is 4. The molecule has 0 bridgehead atoms. The summed E-state index contributed by atoms with van der Waals surface area (Å²) in [7, 11) is -1.48. The van der Waals surface area contributed by atoms with E-state index in [1.165, 1.54) is 6.07 Å². The molecule has 2 aromatic rings. The van der Waals surface area contributed by atoms with Crippen molar-refractivity contribution in [3.63, 3.8) is 0 Å². The van der Waals surface area contributed by atoms with E-state index in [1.807, 2.05) is 6.92 Å². The third-order valence-corrected chi connectivity index (χ3v) is 4.52. The summed E-state index contributed by atoms with van der Waals surface area (Å²) in [5.41, 5.74) is 2.33. The van der Waals surface area contributed by atoms with Crippen LogP contribution in [0.25, 0.3) is 0 Å². The zero-order valence-electron chi connectivity index (χ0n) is 12.2. The van der Waals surface area contributed by atoms with E-state index in [0.717, 1.165) is 17.4 Å². The highest BCUT2D eigenvalue weighted by Gasteiger charge is 2.17. The largest absolute Gasteiger partial charge is 0.309 e. The van der Waals surface area contributed by atoms with E-state index in [0.29, 0.717) is 5.56 Å². The van der Waals surface area contributed by atoms with Crippen molar-refractivity contribution >= 4 is 9.84 Å². The lowest BCUT2D eigenvalue weighted by Gasteiger charge is -2.18. The maximum Gasteiger partial charge on any atom is 0.175 e. The summed E-state index contributed by atoms with van der Waals surface area (Å²) in [6.07, 6.45) is 1.16. The van der Waals surface area contributed by atoms with Gasteiger partial charge >= 0.3 is 0 Å². The molecule has 0 heterocycles. The van der Waals surface area contributed by atoms with E-state index >= 15 is 0 Å². The van der Waals surface area contributed by atoms with Gasteiger partial charge in [0.25, 0.3) is 0 Å². The molecule has 2 rings (SSSR count). The summed E-state index contributed by atoms with van der Waals surface area (Å²) in [6, 6.07) is 11.1. The maximum atomic E-state index is 14.0. The SMILES string of the molecule is CNC(c1ccc(S(C)(=O)=O)cc1)c1cc(C)ccc1F. The molecule has 0 saturated heterocycles. The minimum absolute atomic E-state index is 0.255. The second-order valence-corrected chi connectivity index (χ2v) is 7.10. The van der Waals surface area contributed by atoms with Crippen molar-refractivity contribution in [1.82, 2.24) is 5.32 Å². The lowest BCUT2D eigenvalue weighted by molar-refractivity contribution is 0.575. The first-order chi connectivity index (χ1) is 9.82. The van der Waals surface area contributed by atoms with Gasteiger partial charge in [-0.3, -0.25) is 0 Å².